The zero-order valence-corrected chi connectivity index (χ0v) is 29.3. The maximum absolute atomic E-state index is 13.2. The first-order valence-corrected chi connectivity index (χ1v) is 17.6. The number of hydrogen-bond donors (Lipinski definition) is 0. The number of rotatable bonds is 14. The predicted molar refractivity (Wildman–Crippen MR) is 196 cm³/mol. The highest BCUT2D eigenvalue weighted by Gasteiger charge is 2.38. The Labute approximate surface area is 306 Å². The molecule has 11 nitrogen and oxygen atoms in total. The number of carbonyl (C=O) groups is 4. The predicted octanol–water partition coefficient (Wildman–Crippen LogP) is 5.80. The molecule has 4 aromatic carbocycles. The molecule has 2 amide bonds. The van der Waals surface area contributed by atoms with Gasteiger partial charge in [0.25, 0.3) is 23.3 Å². The fourth-order valence-electron chi connectivity index (χ4n) is 6.48. The maximum Gasteiger partial charge on any atom is 0.363 e. The van der Waals surface area contributed by atoms with Crippen LogP contribution < -0.4 is 11.2 Å². The van der Waals surface area contributed by atoms with Crippen LogP contribution in [0, 0.1) is 6.92 Å². The van der Waals surface area contributed by atoms with Crippen molar-refractivity contribution in [1.82, 2.24) is 14.2 Å². The van der Waals surface area contributed by atoms with Crippen LogP contribution >= 0.6 is 0 Å². The molecule has 0 bridgehead atoms. The van der Waals surface area contributed by atoms with Gasteiger partial charge < -0.3 is 9.57 Å². The van der Waals surface area contributed by atoms with Gasteiger partial charge in [-0.1, -0.05) is 104 Å². The Hall–Kier alpha value is -6.20. The normalized spacial score (nSPS) is 13.0. The summed E-state index contributed by atoms with van der Waals surface area (Å²) in [5.41, 5.74) is 0.928. The van der Waals surface area contributed by atoms with E-state index in [0.29, 0.717) is 41.2 Å². The molecule has 2 heterocycles. The molecule has 0 atom stereocenters. The van der Waals surface area contributed by atoms with Gasteiger partial charge in [0, 0.05) is 43.3 Å². The van der Waals surface area contributed by atoms with Crippen molar-refractivity contribution in [3.05, 3.63) is 176 Å². The van der Waals surface area contributed by atoms with E-state index in [1.54, 1.807) is 61.5 Å². The van der Waals surface area contributed by atoms with Gasteiger partial charge in [0.15, 0.2) is 0 Å². The van der Waals surface area contributed by atoms with Crippen LogP contribution in [0.5, 0.6) is 0 Å². The van der Waals surface area contributed by atoms with E-state index in [2.05, 4.69) is 0 Å². The van der Waals surface area contributed by atoms with Gasteiger partial charge in [0.2, 0.25) is 0 Å². The highest BCUT2D eigenvalue weighted by molar-refractivity contribution is 6.02. The molecule has 0 saturated carbocycles. The molecule has 6 rings (SSSR count). The van der Waals surface area contributed by atoms with Gasteiger partial charge in [-0.05, 0) is 60.7 Å². The Morgan fingerprint density at radius 1 is 0.642 bits per heavy atom. The standard InChI is InChI=1S/C42H39N3O8/c1-30-29-43(41(51)44(38(30)48)39(49)31-15-7-4-8-16-31)27-13-2-3-14-28-52-42(33-17-9-5-10-18-33,34-19-11-6-12-20-34)35-23-21-32(22-24-35)40(50)53-45-36(46)25-26-37(45)47/h4-12,15-24,29H,2-3,13-14,25-28H2,1H3. The van der Waals surface area contributed by atoms with Crippen molar-refractivity contribution < 1.29 is 28.8 Å². The number of unbranched alkanes of at least 4 members (excludes halogenated alkanes) is 3. The van der Waals surface area contributed by atoms with Gasteiger partial charge in [-0.25, -0.2) is 9.59 Å². The van der Waals surface area contributed by atoms with E-state index in [4.69, 9.17) is 9.57 Å². The first kappa shape index (κ1) is 36.6. The highest BCUT2D eigenvalue weighted by atomic mass is 16.7. The Morgan fingerprint density at radius 2 is 1.17 bits per heavy atom. The molecule has 0 aliphatic carbocycles. The molecule has 11 heteroatoms. The fraction of sp³-hybridized carbons (Fsp3) is 0.238. The van der Waals surface area contributed by atoms with Gasteiger partial charge >= 0.3 is 11.7 Å². The van der Waals surface area contributed by atoms with Crippen molar-refractivity contribution in [1.29, 1.82) is 0 Å². The number of hydroxylamine groups is 2. The van der Waals surface area contributed by atoms with Gasteiger partial charge in [0.05, 0.1) is 5.56 Å². The third-order valence-electron chi connectivity index (χ3n) is 9.23. The Kier molecular flexibility index (Phi) is 11.3. The van der Waals surface area contributed by atoms with Gasteiger partial charge in [-0.15, -0.1) is 5.06 Å². The lowest BCUT2D eigenvalue weighted by atomic mass is 9.79. The molecule has 0 spiro atoms. The molecule has 270 valence electrons. The molecule has 0 unspecified atom stereocenters. The summed E-state index contributed by atoms with van der Waals surface area (Å²) in [5, 5.41) is 0.530. The number of amides is 2. The number of aromatic nitrogens is 2. The first-order chi connectivity index (χ1) is 25.7. The van der Waals surface area contributed by atoms with Gasteiger partial charge in [-0.2, -0.15) is 4.57 Å². The van der Waals surface area contributed by atoms with Crippen LogP contribution in [0.1, 0.15) is 81.5 Å². The largest absolute Gasteiger partial charge is 0.363 e. The monoisotopic (exact) mass is 713 g/mol. The number of benzene rings is 4. The second-order valence-electron chi connectivity index (χ2n) is 12.8. The third kappa shape index (κ3) is 7.85. The summed E-state index contributed by atoms with van der Waals surface area (Å²) in [6.45, 7) is 2.31. The van der Waals surface area contributed by atoms with Crippen LogP contribution in [-0.2, 0) is 31.3 Å². The van der Waals surface area contributed by atoms with E-state index in [9.17, 15) is 28.8 Å². The van der Waals surface area contributed by atoms with Crippen LogP contribution in [0.4, 0.5) is 0 Å². The molecule has 53 heavy (non-hydrogen) atoms. The SMILES string of the molecule is Cc1cn(CCCCCCOC(c2ccccc2)(c2ccccc2)c2ccc(C(=O)ON3C(=O)CCC3=O)cc2)c(=O)n(C(=O)c2ccccc2)c1=O. The van der Waals surface area contributed by atoms with E-state index >= 15 is 0 Å². The van der Waals surface area contributed by atoms with Gasteiger partial charge in [-0.3, -0.25) is 23.7 Å². The quantitative estimate of drug-likeness (QED) is 0.0802. The van der Waals surface area contributed by atoms with Crippen molar-refractivity contribution in [2.45, 2.75) is 57.6 Å². The minimum atomic E-state index is -1.05. The molecule has 1 aromatic heterocycles. The summed E-state index contributed by atoms with van der Waals surface area (Å²) in [6, 6.07) is 34.6. The second-order valence-corrected chi connectivity index (χ2v) is 12.8. The van der Waals surface area contributed by atoms with E-state index in [-0.39, 0.29) is 24.0 Å². The maximum atomic E-state index is 13.2. The lowest BCUT2D eigenvalue weighted by Crippen LogP contribution is -2.44. The third-order valence-corrected chi connectivity index (χ3v) is 9.23. The highest BCUT2D eigenvalue weighted by Crippen LogP contribution is 2.41. The van der Waals surface area contributed by atoms with Crippen molar-refractivity contribution in [3.63, 3.8) is 0 Å². The van der Waals surface area contributed by atoms with Crippen LogP contribution in [0.25, 0.3) is 0 Å². The summed E-state index contributed by atoms with van der Waals surface area (Å²) in [4.78, 5) is 81.1. The minimum absolute atomic E-state index is 0.00643. The Balaban J connectivity index is 1.15. The first-order valence-electron chi connectivity index (χ1n) is 17.6. The fourth-order valence-corrected chi connectivity index (χ4v) is 6.48. The summed E-state index contributed by atoms with van der Waals surface area (Å²) in [6.07, 6.45) is 4.42. The summed E-state index contributed by atoms with van der Waals surface area (Å²) in [5.74, 6) is -2.57. The molecular weight excluding hydrogens is 674 g/mol. The Morgan fingerprint density at radius 3 is 1.75 bits per heavy atom. The number of aryl methyl sites for hydroxylation is 2. The van der Waals surface area contributed by atoms with Crippen molar-refractivity contribution in [2.75, 3.05) is 6.61 Å². The molecule has 0 radical (unpaired) electrons. The van der Waals surface area contributed by atoms with E-state index < -0.39 is 40.5 Å². The minimum Gasteiger partial charge on any atom is -0.361 e. The average Bonchev–Trinajstić information content (AvgIpc) is 3.51. The number of hydrogen-bond acceptors (Lipinski definition) is 8. The van der Waals surface area contributed by atoms with Gasteiger partial charge in [0.1, 0.15) is 5.60 Å². The van der Waals surface area contributed by atoms with Crippen LogP contribution in [0.2, 0.25) is 0 Å². The topological polar surface area (TPSA) is 134 Å². The van der Waals surface area contributed by atoms with E-state index in [1.165, 1.54) is 10.8 Å². The van der Waals surface area contributed by atoms with E-state index in [1.807, 2.05) is 60.7 Å². The molecule has 5 aromatic rings. The number of imide groups is 1. The molecule has 0 N–H and O–H groups in total. The zero-order valence-electron chi connectivity index (χ0n) is 29.3. The van der Waals surface area contributed by atoms with Crippen LogP contribution in [0.15, 0.2) is 131 Å². The molecule has 1 fully saturated rings. The lowest BCUT2D eigenvalue weighted by molar-refractivity contribution is -0.172. The summed E-state index contributed by atoms with van der Waals surface area (Å²) < 4.78 is 9.00. The Bertz CT molecular complexity index is 2160. The average molecular weight is 714 g/mol. The number of carbonyl (C=O) groups excluding carboxylic acids is 4. The van der Waals surface area contributed by atoms with Crippen molar-refractivity contribution in [3.8, 4) is 0 Å². The molecular formula is C42H39N3O8. The second kappa shape index (κ2) is 16.4. The molecule has 1 aliphatic heterocycles. The number of ether oxygens (including phenoxy) is 1. The molecule has 1 aliphatic rings. The van der Waals surface area contributed by atoms with Crippen LogP contribution in [0.3, 0.4) is 0 Å². The van der Waals surface area contributed by atoms with E-state index in [0.717, 1.165) is 29.5 Å². The molecule has 1 saturated heterocycles. The van der Waals surface area contributed by atoms with Crippen molar-refractivity contribution >= 4 is 23.7 Å². The number of nitrogens with zero attached hydrogens (tertiary/aromatic N) is 3. The smallest absolute Gasteiger partial charge is 0.361 e. The zero-order chi connectivity index (χ0) is 37.4. The lowest BCUT2D eigenvalue weighted by Gasteiger charge is -2.36. The summed E-state index contributed by atoms with van der Waals surface area (Å²) in [7, 11) is 0. The summed E-state index contributed by atoms with van der Waals surface area (Å²) >= 11 is 0. The van der Waals surface area contributed by atoms with Crippen molar-refractivity contribution in [2.24, 2.45) is 0 Å². The van der Waals surface area contributed by atoms with Crippen LogP contribution in [-0.4, -0.2) is 44.5 Å².